The van der Waals surface area contributed by atoms with E-state index in [1.54, 1.807) is 30.6 Å². The van der Waals surface area contributed by atoms with E-state index in [4.69, 9.17) is 11.6 Å². The summed E-state index contributed by atoms with van der Waals surface area (Å²) in [7, 11) is 0. The second kappa shape index (κ2) is 8.83. The van der Waals surface area contributed by atoms with Crippen molar-refractivity contribution in [1.82, 2.24) is 40.2 Å². The first kappa shape index (κ1) is 22.4. The standard InChI is InChI=1S/C24H21ClFN9O/c1-14-18(10-27-30-14)17-9-29-33(11-17)22(8-15-2-3-15)20-6-4-16(12-35(20)36)23-21(34-13-28-31-32-34)7-5-19(25)24(23)26/h4-7,9-13,15,22H,2-3,8H2,1H3,(H,27,30). The summed E-state index contributed by atoms with van der Waals surface area (Å²) < 4.78 is 19.1. The Bertz CT molecular complexity index is 1540. The molecule has 1 saturated carbocycles. The Hall–Kier alpha value is -4.12. The Kier molecular flexibility index (Phi) is 5.48. The van der Waals surface area contributed by atoms with E-state index in [2.05, 4.69) is 30.8 Å². The van der Waals surface area contributed by atoms with Gasteiger partial charge in [-0.15, -0.1) is 5.10 Å². The van der Waals surface area contributed by atoms with Gasteiger partial charge in [0.05, 0.1) is 34.2 Å². The summed E-state index contributed by atoms with van der Waals surface area (Å²) in [6.07, 6.45) is 11.2. The molecule has 1 aromatic carbocycles. The number of rotatable bonds is 7. The summed E-state index contributed by atoms with van der Waals surface area (Å²) in [5, 5.41) is 36.0. The normalized spacial score (nSPS) is 14.3. The molecule has 1 fully saturated rings. The van der Waals surface area contributed by atoms with Crippen LogP contribution < -0.4 is 4.73 Å². The highest BCUT2D eigenvalue weighted by Gasteiger charge is 2.32. The Balaban J connectivity index is 1.41. The van der Waals surface area contributed by atoms with E-state index in [-0.39, 0.29) is 16.6 Å². The van der Waals surface area contributed by atoms with Crippen molar-refractivity contribution >= 4 is 11.6 Å². The van der Waals surface area contributed by atoms with E-state index in [0.717, 1.165) is 40.8 Å². The number of pyridine rings is 1. The fraction of sp³-hybridized carbons (Fsp3) is 0.250. The van der Waals surface area contributed by atoms with Crippen molar-refractivity contribution in [3.63, 3.8) is 0 Å². The zero-order valence-corrected chi connectivity index (χ0v) is 20.0. The lowest BCUT2D eigenvalue weighted by atomic mass is 10.0. The van der Waals surface area contributed by atoms with Crippen LogP contribution in [-0.2, 0) is 0 Å². The minimum atomic E-state index is -0.654. The first-order chi connectivity index (χ1) is 17.5. The minimum Gasteiger partial charge on any atom is -0.618 e. The molecule has 182 valence electrons. The lowest BCUT2D eigenvalue weighted by Gasteiger charge is -2.18. The largest absolute Gasteiger partial charge is 0.618 e. The van der Waals surface area contributed by atoms with E-state index < -0.39 is 5.82 Å². The number of aromatic amines is 1. The van der Waals surface area contributed by atoms with Crippen LogP contribution in [-0.4, -0.2) is 40.2 Å². The zero-order chi connectivity index (χ0) is 24.8. The van der Waals surface area contributed by atoms with Crippen LogP contribution in [0.1, 0.15) is 36.7 Å². The fourth-order valence-corrected chi connectivity index (χ4v) is 4.66. The predicted molar refractivity (Wildman–Crippen MR) is 129 cm³/mol. The van der Waals surface area contributed by atoms with Gasteiger partial charge in [-0.3, -0.25) is 9.78 Å². The molecular weight excluding hydrogens is 485 g/mol. The second-order valence-electron chi connectivity index (χ2n) is 8.99. The fourth-order valence-electron chi connectivity index (χ4n) is 4.50. The molecule has 1 aliphatic rings. The van der Waals surface area contributed by atoms with Crippen LogP contribution in [0, 0.1) is 23.9 Å². The van der Waals surface area contributed by atoms with Gasteiger partial charge in [0.1, 0.15) is 12.4 Å². The van der Waals surface area contributed by atoms with Gasteiger partial charge in [-0.05, 0) is 47.9 Å². The Morgan fingerprint density at radius 1 is 1.22 bits per heavy atom. The molecule has 0 bridgehead atoms. The lowest BCUT2D eigenvalue weighted by Crippen LogP contribution is -2.35. The summed E-state index contributed by atoms with van der Waals surface area (Å²) in [4.78, 5) is 0. The average molecular weight is 506 g/mol. The number of halogens is 2. The maximum Gasteiger partial charge on any atom is 0.217 e. The Morgan fingerprint density at radius 2 is 2.08 bits per heavy atom. The highest BCUT2D eigenvalue weighted by molar-refractivity contribution is 6.31. The lowest BCUT2D eigenvalue weighted by molar-refractivity contribution is -0.615. The van der Waals surface area contributed by atoms with Gasteiger partial charge in [0.25, 0.3) is 0 Å². The van der Waals surface area contributed by atoms with Gasteiger partial charge in [0.2, 0.25) is 5.69 Å². The molecule has 6 rings (SSSR count). The molecule has 10 nitrogen and oxygen atoms in total. The topological polar surface area (TPSA) is 117 Å². The molecule has 1 aliphatic carbocycles. The van der Waals surface area contributed by atoms with Crippen molar-refractivity contribution in [3.8, 4) is 27.9 Å². The third kappa shape index (κ3) is 4.01. The number of nitrogens with one attached hydrogen (secondary N) is 1. The quantitative estimate of drug-likeness (QED) is 0.263. The average Bonchev–Trinajstić information content (AvgIpc) is 3.24. The van der Waals surface area contributed by atoms with Crippen LogP contribution in [0.3, 0.4) is 0 Å². The maximum atomic E-state index is 15.2. The molecule has 36 heavy (non-hydrogen) atoms. The van der Waals surface area contributed by atoms with Crippen LogP contribution >= 0.6 is 11.6 Å². The van der Waals surface area contributed by atoms with Gasteiger partial charge in [0, 0.05) is 29.1 Å². The van der Waals surface area contributed by atoms with Crippen LogP contribution in [0.4, 0.5) is 4.39 Å². The molecule has 0 aliphatic heterocycles. The minimum absolute atomic E-state index is 0.0615. The van der Waals surface area contributed by atoms with E-state index >= 15 is 4.39 Å². The van der Waals surface area contributed by atoms with Crippen LogP contribution in [0.5, 0.6) is 0 Å². The van der Waals surface area contributed by atoms with Crippen molar-refractivity contribution in [3.05, 3.63) is 82.8 Å². The molecular formula is C24H21ClFN9O. The number of aromatic nitrogens is 9. The molecule has 4 aromatic heterocycles. The summed E-state index contributed by atoms with van der Waals surface area (Å²) in [6.45, 7) is 1.95. The van der Waals surface area contributed by atoms with Crippen molar-refractivity contribution in [1.29, 1.82) is 0 Å². The first-order valence-electron chi connectivity index (χ1n) is 11.5. The van der Waals surface area contributed by atoms with Crippen molar-refractivity contribution in [2.45, 2.75) is 32.2 Å². The van der Waals surface area contributed by atoms with Gasteiger partial charge >= 0.3 is 0 Å². The number of aryl methyl sites for hydroxylation is 1. The highest BCUT2D eigenvalue weighted by atomic mass is 35.5. The monoisotopic (exact) mass is 505 g/mol. The molecule has 0 saturated heterocycles. The number of hydrogen-bond acceptors (Lipinski definition) is 6. The molecule has 0 radical (unpaired) electrons. The third-order valence-electron chi connectivity index (χ3n) is 6.56. The Labute approximate surface area is 209 Å². The van der Waals surface area contributed by atoms with E-state index in [1.165, 1.54) is 23.3 Å². The number of hydrogen-bond donors (Lipinski definition) is 1. The van der Waals surface area contributed by atoms with Crippen molar-refractivity contribution < 1.29 is 9.12 Å². The summed E-state index contributed by atoms with van der Waals surface area (Å²) in [5.74, 6) is -0.117. The summed E-state index contributed by atoms with van der Waals surface area (Å²) in [5.41, 5.74) is 4.22. The molecule has 0 amide bonds. The number of tetrazole rings is 1. The maximum absolute atomic E-state index is 15.2. The van der Waals surface area contributed by atoms with Gasteiger partial charge in [-0.25, -0.2) is 4.39 Å². The number of nitrogens with zero attached hydrogens (tertiary/aromatic N) is 8. The molecule has 12 heteroatoms. The van der Waals surface area contributed by atoms with Crippen molar-refractivity contribution in [2.24, 2.45) is 5.92 Å². The number of benzene rings is 1. The predicted octanol–water partition coefficient (Wildman–Crippen LogP) is 4.04. The summed E-state index contributed by atoms with van der Waals surface area (Å²) in [6, 6.07) is 6.22. The van der Waals surface area contributed by atoms with Crippen LogP contribution in [0.15, 0.2) is 55.4 Å². The smallest absolute Gasteiger partial charge is 0.217 e. The van der Waals surface area contributed by atoms with E-state index in [0.29, 0.717) is 22.9 Å². The van der Waals surface area contributed by atoms with Crippen LogP contribution in [0.25, 0.3) is 27.9 Å². The molecule has 1 unspecified atom stereocenters. The van der Waals surface area contributed by atoms with E-state index in [9.17, 15) is 5.21 Å². The SMILES string of the molecule is Cc1[nH]ncc1-c1cnn(C(CC2CC2)c2ccc(-c3c(-n4cnnn4)ccc(Cl)c3F)c[n+]2[O-])c1. The van der Waals surface area contributed by atoms with E-state index in [1.807, 2.05) is 17.8 Å². The first-order valence-corrected chi connectivity index (χ1v) is 11.9. The molecule has 0 spiro atoms. The summed E-state index contributed by atoms with van der Waals surface area (Å²) >= 11 is 6.08. The van der Waals surface area contributed by atoms with Crippen LogP contribution in [0.2, 0.25) is 5.02 Å². The molecule has 1 atom stereocenters. The highest BCUT2D eigenvalue weighted by Crippen LogP contribution is 2.39. The molecule has 4 heterocycles. The van der Waals surface area contributed by atoms with Gasteiger partial charge in [-0.2, -0.15) is 19.6 Å². The zero-order valence-electron chi connectivity index (χ0n) is 19.2. The second-order valence-corrected chi connectivity index (χ2v) is 9.40. The number of H-pyrrole nitrogens is 1. The molecule has 5 aromatic rings. The van der Waals surface area contributed by atoms with Gasteiger partial charge in [0.15, 0.2) is 12.0 Å². The Morgan fingerprint density at radius 3 is 2.78 bits per heavy atom. The molecule has 1 N–H and O–H groups in total. The van der Waals surface area contributed by atoms with Gasteiger partial charge < -0.3 is 5.21 Å². The van der Waals surface area contributed by atoms with Gasteiger partial charge in [-0.1, -0.05) is 24.4 Å². The third-order valence-corrected chi connectivity index (χ3v) is 6.85. The van der Waals surface area contributed by atoms with Crippen molar-refractivity contribution in [2.75, 3.05) is 0 Å².